The number of hydrogen-bond acceptors (Lipinski definition) is 3. The normalized spacial score (nSPS) is 23.0. The topological polar surface area (TPSA) is 13.1 Å². The molecule has 1 aliphatic rings. The Balaban J connectivity index is 1.57. The Hall–Kier alpha value is -0.930. The first-order valence-electron chi connectivity index (χ1n) is 9.41. The first-order chi connectivity index (χ1) is 11.9. The van der Waals surface area contributed by atoms with Crippen LogP contribution in [0.4, 0.5) is 0 Å². The van der Waals surface area contributed by atoms with E-state index in [1.54, 1.807) is 11.2 Å². The van der Waals surface area contributed by atoms with Crippen molar-refractivity contribution in [3.8, 4) is 0 Å². The van der Waals surface area contributed by atoms with Crippen LogP contribution < -0.4 is 0 Å². The summed E-state index contributed by atoms with van der Waals surface area (Å²) in [7, 11) is 0. The molecule has 4 unspecified atom stereocenters. The van der Waals surface area contributed by atoms with Gasteiger partial charge in [-0.1, -0.05) is 40.7 Å². The monoisotopic (exact) mass is 374 g/mol. The zero-order chi connectivity index (χ0) is 18.0. The third-order valence-corrected chi connectivity index (χ3v) is 8.10. The van der Waals surface area contributed by atoms with Gasteiger partial charge in [0.05, 0.1) is 12.5 Å². The maximum Gasteiger partial charge on any atom is 0.0937 e. The lowest BCUT2D eigenvalue weighted by molar-refractivity contribution is 0.560. The molecule has 136 valence electrons. The molecule has 3 heteroatoms. The second-order valence-corrected chi connectivity index (χ2v) is 10.2. The number of rotatable bonds is 7. The minimum Gasteiger partial charge on any atom is -0.472 e. The number of allylic oxidation sites excluding steroid dienone is 2. The first kappa shape index (κ1) is 18.8. The highest BCUT2D eigenvalue weighted by molar-refractivity contribution is 8.03. The highest BCUT2D eigenvalue weighted by atomic mass is 32.2. The van der Waals surface area contributed by atoms with Crippen LogP contribution in [-0.4, -0.2) is 5.25 Å². The van der Waals surface area contributed by atoms with E-state index in [1.165, 1.54) is 22.4 Å². The lowest BCUT2D eigenvalue weighted by Gasteiger charge is -2.19. The summed E-state index contributed by atoms with van der Waals surface area (Å²) in [6, 6.07) is 4.52. The molecule has 0 aromatic carbocycles. The molecule has 3 heterocycles. The molecule has 0 saturated carbocycles. The molecular formula is C22H30OS2. The van der Waals surface area contributed by atoms with Crippen molar-refractivity contribution in [1.29, 1.82) is 0 Å². The van der Waals surface area contributed by atoms with Gasteiger partial charge in [-0.3, -0.25) is 0 Å². The van der Waals surface area contributed by atoms with Crippen LogP contribution in [0.3, 0.4) is 0 Å². The average molecular weight is 375 g/mol. The van der Waals surface area contributed by atoms with Crippen molar-refractivity contribution < 1.29 is 4.42 Å². The van der Waals surface area contributed by atoms with Gasteiger partial charge in [-0.15, -0.1) is 23.1 Å². The van der Waals surface area contributed by atoms with Crippen LogP contribution in [0.2, 0.25) is 0 Å². The number of thioether (sulfide) groups is 1. The first-order valence-corrected chi connectivity index (χ1v) is 11.2. The Morgan fingerprint density at radius 1 is 1.12 bits per heavy atom. The molecule has 0 saturated heterocycles. The van der Waals surface area contributed by atoms with E-state index >= 15 is 0 Å². The summed E-state index contributed by atoms with van der Waals surface area (Å²) < 4.78 is 5.22. The summed E-state index contributed by atoms with van der Waals surface area (Å²) in [6.07, 6.45) is 8.52. The molecule has 0 N–H and O–H groups in total. The quantitative estimate of drug-likeness (QED) is 0.498. The fourth-order valence-electron chi connectivity index (χ4n) is 3.50. The molecule has 2 aromatic rings. The second-order valence-electron chi connectivity index (χ2n) is 7.88. The zero-order valence-corrected chi connectivity index (χ0v) is 17.6. The molecule has 0 bridgehead atoms. The lowest BCUT2D eigenvalue weighted by atomic mass is 9.92. The Morgan fingerprint density at radius 3 is 2.56 bits per heavy atom. The van der Waals surface area contributed by atoms with Crippen LogP contribution in [0, 0.1) is 11.8 Å². The largest absolute Gasteiger partial charge is 0.472 e. The standard InChI is InChI=1S/C22H30OS2/c1-14(2)21-10-17(5)22(25-21)9-16(4)19-11-20(24-13-19)8-15(3)18-6-7-23-12-18/h6-7,10-17,22H,8-9H2,1-5H3. The molecule has 0 amide bonds. The van der Waals surface area contributed by atoms with E-state index in [0.29, 0.717) is 23.7 Å². The molecule has 25 heavy (non-hydrogen) atoms. The van der Waals surface area contributed by atoms with Crippen molar-refractivity contribution in [2.45, 2.75) is 64.5 Å². The second kappa shape index (κ2) is 8.18. The molecule has 3 rings (SSSR count). The molecular weight excluding hydrogens is 344 g/mol. The molecule has 2 aromatic heterocycles. The van der Waals surface area contributed by atoms with E-state index in [9.17, 15) is 0 Å². The van der Waals surface area contributed by atoms with Gasteiger partial charge < -0.3 is 4.42 Å². The summed E-state index contributed by atoms with van der Waals surface area (Å²) >= 11 is 4.04. The van der Waals surface area contributed by atoms with E-state index in [0.717, 1.165) is 11.7 Å². The minimum atomic E-state index is 0.517. The Morgan fingerprint density at radius 2 is 1.92 bits per heavy atom. The van der Waals surface area contributed by atoms with Gasteiger partial charge in [0.15, 0.2) is 0 Å². The van der Waals surface area contributed by atoms with Gasteiger partial charge in [-0.25, -0.2) is 0 Å². The molecule has 0 aliphatic carbocycles. The van der Waals surface area contributed by atoms with Crippen molar-refractivity contribution in [2.24, 2.45) is 11.8 Å². The summed E-state index contributed by atoms with van der Waals surface area (Å²) in [5.41, 5.74) is 2.82. The van der Waals surface area contributed by atoms with E-state index in [2.05, 4.69) is 70.0 Å². The molecule has 4 atom stereocenters. The maximum atomic E-state index is 5.22. The molecule has 0 radical (unpaired) electrons. The van der Waals surface area contributed by atoms with Crippen LogP contribution in [0.1, 0.15) is 68.9 Å². The Bertz CT molecular complexity index is 695. The van der Waals surface area contributed by atoms with Crippen molar-refractivity contribution in [3.63, 3.8) is 0 Å². The fraction of sp³-hybridized carbons (Fsp3) is 0.545. The van der Waals surface area contributed by atoms with Gasteiger partial charge in [-0.05, 0) is 70.1 Å². The fourth-order valence-corrected chi connectivity index (χ4v) is 6.23. The highest BCUT2D eigenvalue weighted by Crippen LogP contribution is 2.44. The van der Waals surface area contributed by atoms with Gasteiger partial charge in [0, 0.05) is 10.1 Å². The number of hydrogen-bond donors (Lipinski definition) is 0. The smallest absolute Gasteiger partial charge is 0.0937 e. The summed E-state index contributed by atoms with van der Waals surface area (Å²) in [5.74, 6) is 2.52. The van der Waals surface area contributed by atoms with Crippen molar-refractivity contribution in [2.75, 3.05) is 0 Å². The number of thiophene rings is 1. The highest BCUT2D eigenvalue weighted by Gasteiger charge is 2.28. The molecule has 1 nitrogen and oxygen atoms in total. The molecule has 1 aliphatic heterocycles. The summed E-state index contributed by atoms with van der Waals surface area (Å²) in [5, 5.41) is 3.11. The summed E-state index contributed by atoms with van der Waals surface area (Å²) in [6.45, 7) is 11.7. The predicted octanol–water partition coefficient (Wildman–Crippen LogP) is 7.47. The van der Waals surface area contributed by atoms with Crippen molar-refractivity contribution in [1.82, 2.24) is 0 Å². The van der Waals surface area contributed by atoms with Crippen LogP contribution in [0.5, 0.6) is 0 Å². The van der Waals surface area contributed by atoms with Gasteiger partial charge in [0.25, 0.3) is 0 Å². The average Bonchev–Trinajstić information content (AvgIpc) is 3.28. The van der Waals surface area contributed by atoms with E-state index in [4.69, 9.17) is 4.42 Å². The SMILES string of the molecule is CC(C)C1=CC(C)C(CC(C)c2csc(CC(C)c3ccoc3)c2)S1. The van der Waals surface area contributed by atoms with Crippen LogP contribution in [0.15, 0.2) is 45.4 Å². The van der Waals surface area contributed by atoms with Gasteiger partial charge in [0.1, 0.15) is 0 Å². The molecule has 0 fully saturated rings. The van der Waals surface area contributed by atoms with Gasteiger partial charge in [0.2, 0.25) is 0 Å². The van der Waals surface area contributed by atoms with Crippen molar-refractivity contribution >= 4 is 23.1 Å². The van der Waals surface area contributed by atoms with Crippen molar-refractivity contribution in [3.05, 3.63) is 57.0 Å². The van der Waals surface area contributed by atoms with E-state index < -0.39 is 0 Å². The maximum absolute atomic E-state index is 5.22. The third-order valence-electron chi connectivity index (χ3n) is 5.32. The van der Waals surface area contributed by atoms with E-state index in [1.807, 2.05) is 17.6 Å². The van der Waals surface area contributed by atoms with Crippen LogP contribution in [0.25, 0.3) is 0 Å². The lowest BCUT2D eigenvalue weighted by Crippen LogP contribution is -2.11. The Labute approximate surface area is 160 Å². The van der Waals surface area contributed by atoms with Gasteiger partial charge in [-0.2, -0.15) is 0 Å². The van der Waals surface area contributed by atoms with Crippen LogP contribution in [-0.2, 0) is 6.42 Å². The predicted molar refractivity (Wildman–Crippen MR) is 112 cm³/mol. The number of furan rings is 1. The summed E-state index contributed by atoms with van der Waals surface area (Å²) in [4.78, 5) is 3.08. The van der Waals surface area contributed by atoms with Gasteiger partial charge >= 0.3 is 0 Å². The third kappa shape index (κ3) is 4.62. The minimum absolute atomic E-state index is 0.517. The van der Waals surface area contributed by atoms with E-state index in [-0.39, 0.29) is 0 Å². The van der Waals surface area contributed by atoms with Crippen LogP contribution >= 0.6 is 23.1 Å². The molecule has 0 spiro atoms. The Kier molecular flexibility index (Phi) is 6.17. The zero-order valence-electron chi connectivity index (χ0n) is 16.0.